The van der Waals surface area contributed by atoms with E-state index in [1.165, 1.54) is 4.42 Å². The van der Waals surface area contributed by atoms with Gasteiger partial charge in [-0.3, -0.25) is 0 Å². The van der Waals surface area contributed by atoms with E-state index in [2.05, 4.69) is 0 Å². The molecule has 0 amide bonds. The van der Waals surface area contributed by atoms with Crippen molar-refractivity contribution in [3.63, 3.8) is 0 Å². The van der Waals surface area contributed by atoms with E-state index in [1.807, 2.05) is 0 Å². The Labute approximate surface area is 37.4 Å². The Morgan fingerprint density at radius 3 is 1.40 bits per heavy atom. The molecule has 0 aliphatic rings. The fraction of sp³-hybridized carbons (Fsp3) is 1.00. The molecule has 0 bridgehead atoms. The Kier molecular flexibility index (Phi) is 7.55. The van der Waals surface area contributed by atoms with Gasteiger partial charge in [0.15, 0.2) is 0 Å². The average molecular weight is 96.6 g/mol. The first-order valence-electron chi connectivity index (χ1n) is 1.06. The van der Waals surface area contributed by atoms with Crippen LogP contribution in [0.2, 0.25) is 0 Å². The van der Waals surface area contributed by atoms with Gasteiger partial charge in [0.05, 0.1) is 0 Å². The van der Waals surface area contributed by atoms with Gasteiger partial charge in [-0.15, -0.1) is 0 Å². The lowest BCUT2D eigenvalue weighted by molar-refractivity contribution is 0.681. The highest BCUT2D eigenvalue weighted by atomic mass is 35.5. The van der Waals surface area contributed by atoms with Crippen LogP contribution in [0.3, 0.4) is 0 Å². The molecule has 0 heterocycles. The molecule has 0 spiro atoms. The minimum Gasteiger partial charge on any atom is -0.344 e. The van der Waals surface area contributed by atoms with Crippen molar-refractivity contribution in [2.45, 2.75) is 0 Å². The molecule has 0 radical (unpaired) electrons. The van der Waals surface area contributed by atoms with E-state index in [0.717, 1.165) is 0 Å². The van der Waals surface area contributed by atoms with Crippen LogP contribution in [0.4, 0.5) is 0 Å². The summed E-state index contributed by atoms with van der Waals surface area (Å²) in [6.45, 7) is 0. The Morgan fingerprint density at radius 2 is 1.40 bits per heavy atom. The molecule has 2 nitrogen and oxygen atoms in total. The molecule has 3 heteroatoms. The second kappa shape index (κ2) is 4.21. The van der Waals surface area contributed by atoms with Gasteiger partial charge in [0.2, 0.25) is 0 Å². The Morgan fingerprint density at radius 1 is 1.40 bits per heavy atom. The average Bonchev–Trinajstić information content (AvgIpc) is 0.811. The van der Waals surface area contributed by atoms with E-state index in [0.29, 0.717) is 0 Å². The van der Waals surface area contributed by atoms with Crippen molar-refractivity contribution in [3.8, 4) is 0 Å². The summed E-state index contributed by atoms with van der Waals surface area (Å²) >= 11 is 5.11. The summed E-state index contributed by atoms with van der Waals surface area (Å²) in [6.07, 6.45) is 0. The second-order valence-electron chi connectivity index (χ2n) is 0.785. The van der Waals surface area contributed by atoms with Crippen LogP contribution in [-0.2, 0) is 0 Å². The maximum absolute atomic E-state index is 5.11. The van der Waals surface area contributed by atoms with Crippen molar-refractivity contribution in [3.05, 3.63) is 0 Å². The van der Waals surface area contributed by atoms with E-state index in [9.17, 15) is 0 Å². The number of rotatable bonds is 0. The van der Waals surface area contributed by atoms with Gasteiger partial charge in [0, 0.05) is 14.1 Å². The summed E-state index contributed by atoms with van der Waals surface area (Å²) in [5, 5.41) is 0. The number of hydrogen-bond donors (Lipinski definition) is 1. The van der Waals surface area contributed by atoms with Gasteiger partial charge in [-0.05, 0) is 11.8 Å². The molecule has 3 N–H and O–H groups in total. The first-order valence-corrected chi connectivity index (χ1v) is 1.40. The second-order valence-corrected chi connectivity index (χ2v) is 1.46. The molecule has 0 aromatic heterocycles. The van der Waals surface area contributed by atoms with Crippen LogP contribution in [-0.4, -0.2) is 18.5 Å². The van der Waals surface area contributed by atoms with E-state index in [1.54, 1.807) is 14.1 Å². The van der Waals surface area contributed by atoms with Crippen LogP contribution >= 0.6 is 11.8 Å². The number of hydrogen-bond acceptors (Lipinski definition) is 2. The predicted octanol–water partition coefficient (Wildman–Crippen LogP) is 0.864. The third kappa shape index (κ3) is 466. The summed E-state index contributed by atoms with van der Waals surface area (Å²) in [7, 11) is 3.53. The van der Waals surface area contributed by atoms with Crippen LogP contribution in [0.15, 0.2) is 0 Å². The molecule has 0 unspecified atom stereocenters. The van der Waals surface area contributed by atoms with E-state index in [-0.39, 0.29) is 6.15 Å². The topological polar surface area (TPSA) is 38.2 Å². The molecule has 5 heavy (non-hydrogen) atoms. The molecule has 0 aromatic carbocycles. The zero-order chi connectivity index (χ0) is 3.58. The van der Waals surface area contributed by atoms with Crippen molar-refractivity contribution in [2.24, 2.45) is 0 Å². The lowest BCUT2D eigenvalue weighted by atomic mass is 11.3. The van der Waals surface area contributed by atoms with Crippen LogP contribution < -0.4 is 6.15 Å². The first-order chi connectivity index (χ1) is 1.73. The highest BCUT2D eigenvalue weighted by molar-refractivity contribution is 6.12. The fourth-order valence-electron chi connectivity index (χ4n) is 0. The zero-order valence-corrected chi connectivity index (χ0v) is 4.29. The van der Waals surface area contributed by atoms with Crippen LogP contribution in [0.25, 0.3) is 0 Å². The quantitative estimate of drug-likeness (QED) is 0.455. The molecule has 0 saturated heterocycles. The molecule has 0 saturated carbocycles. The van der Waals surface area contributed by atoms with Gasteiger partial charge in [-0.2, -0.15) is 0 Å². The summed E-state index contributed by atoms with van der Waals surface area (Å²) in [6, 6.07) is 0. The molecular weight excluding hydrogens is 87.5 g/mol. The van der Waals surface area contributed by atoms with Gasteiger partial charge >= 0.3 is 0 Å². The Balaban J connectivity index is 0. The van der Waals surface area contributed by atoms with Gasteiger partial charge in [-0.25, -0.2) is 4.42 Å². The largest absolute Gasteiger partial charge is 0.344 e. The van der Waals surface area contributed by atoms with E-state index >= 15 is 0 Å². The van der Waals surface area contributed by atoms with Crippen molar-refractivity contribution in [1.29, 1.82) is 0 Å². The minimum atomic E-state index is 0. The van der Waals surface area contributed by atoms with Gasteiger partial charge in [0.25, 0.3) is 0 Å². The number of halogens is 1. The van der Waals surface area contributed by atoms with Gasteiger partial charge in [-0.1, -0.05) is 0 Å². The van der Waals surface area contributed by atoms with Crippen molar-refractivity contribution >= 4 is 11.8 Å². The van der Waals surface area contributed by atoms with E-state index in [4.69, 9.17) is 11.8 Å². The molecule has 0 fully saturated rings. The lowest BCUT2D eigenvalue weighted by Gasteiger charge is -1.85. The minimum absolute atomic E-state index is 0. The van der Waals surface area contributed by atoms with Crippen LogP contribution in [0.5, 0.6) is 0 Å². The van der Waals surface area contributed by atoms with Gasteiger partial charge < -0.3 is 6.15 Å². The van der Waals surface area contributed by atoms with Gasteiger partial charge in [0.1, 0.15) is 0 Å². The molecular formula is C2H9ClN2. The third-order valence-corrected chi connectivity index (χ3v) is 0. The lowest BCUT2D eigenvalue weighted by Crippen LogP contribution is -1.89. The Bertz CT molecular complexity index is 12.4. The van der Waals surface area contributed by atoms with Crippen LogP contribution in [0, 0.1) is 0 Å². The standard InChI is InChI=1S/C2H6ClN.H3N/c1-4(2)3;/h1-2H3;1H3. The molecule has 0 aromatic rings. The summed E-state index contributed by atoms with van der Waals surface area (Å²) < 4.78 is 1.47. The SMILES string of the molecule is CN(C)Cl.N. The molecule has 0 aliphatic heterocycles. The molecule has 0 rings (SSSR count). The molecule has 34 valence electrons. The zero-order valence-electron chi connectivity index (χ0n) is 3.53. The first kappa shape index (κ1) is 8.96. The Hall–Kier alpha value is 0.210. The van der Waals surface area contributed by atoms with Crippen molar-refractivity contribution < 1.29 is 0 Å². The maximum atomic E-state index is 5.11. The highest BCUT2D eigenvalue weighted by Gasteiger charge is 1.62. The molecule has 0 aliphatic carbocycles. The normalized spacial score (nSPS) is 7.20. The smallest absolute Gasteiger partial charge is 0.00209 e. The van der Waals surface area contributed by atoms with Crippen LogP contribution in [0.1, 0.15) is 0 Å². The fourth-order valence-corrected chi connectivity index (χ4v) is 0. The monoisotopic (exact) mass is 96.0 g/mol. The third-order valence-electron chi connectivity index (χ3n) is 0. The summed E-state index contributed by atoms with van der Waals surface area (Å²) in [5.74, 6) is 0. The predicted molar refractivity (Wildman–Crippen MR) is 24.6 cm³/mol. The van der Waals surface area contributed by atoms with Crippen molar-refractivity contribution in [1.82, 2.24) is 10.6 Å². The molecule has 0 atom stereocenters. The van der Waals surface area contributed by atoms with E-state index < -0.39 is 0 Å². The highest BCUT2D eigenvalue weighted by Crippen LogP contribution is 1.71. The van der Waals surface area contributed by atoms with Crippen molar-refractivity contribution in [2.75, 3.05) is 14.1 Å². The maximum Gasteiger partial charge on any atom is 0.00209 e. The summed E-state index contributed by atoms with van der Waals surface area (Å²) in [5.41, 5.74) is 0. The number of nitrogens with zero attached hydrogens (tertiary/aromatic N) is 1. The summed E-state index contributed by atoms with van der Waals surface area (Å²) in [4.78, 5) is 0.